The fraction of sp³-hybridized carbons (Fsp3) is 0.714. The Morgan fingerprint density at radius 2 is 1.90 bits per heavy atom. The largest absolute Gasteiger partial charge is 0.339 e. The van der Waals surface area contributed by atoms with Crippen LogP contribution < -0.4 is 5.32 Å². The van der Waals surface area contributed by atoms with Crippen molar-refractivity contribution in [3.63, 3.8) is 0 Å². The lowest BCUT2D eigenvalue weighted by molar-refractivity contribution is -0.133. The average molecular weight is 417 g/mol. The molecular formula is C21H32N6O3. The Balaban J connectivity index is 1.30. The zero-order valence-corrected chi connectivity index (χ0v) is 18.0. The van der Waals surface area contributed by atoms with Gasteiger partial charge in [-0.2, -0.15) is 5.10 Å². The van der Waals surface area contributed by atoms with Crippen LogP contribution in [0.25, 0.3) is 0 Å². The van der Waals surface area contributed by atoms with Crippen LogP contribution in [0.5, 0.6) is 0 Å². The molecule has 1 N–H and O–H groups in total. The molecule has 3 fully saturated rings. The van der Waals surface area contributed by atoms with Gasteiger partial charge in [-0.05, 0) is 44.6 Å². The van der Waals surface area contributed by atoms with Crippen LogP contribution in [0, 0.1) is 5.92 Å². The summed E-state index contributed by atoms with van der Waals surface area (Å²) < 4.78 is 1.63. The number of piperidine rings is 2. The van der Waals surface area contributed by atoms with Gasteiger partial charge in [-0.25, -0.2) is 4.79 Å². The van der Waals surface area contributed by atoms with Gasteiger partial charge in [-0.15, -0.1) is 0 Å². The third kappa shape index (κ3) is 3.95. The van der Waals surface area contributed by atoms with Crippen LogP contribution in [0.15, 0.2) is 12.4 Å². The molecule has 0 atom stereocenters. The van der Waals surface area contributed by atoms with Gasteiger partial charge < -0.3 is 15.1 Å². The van der Waals surface area contributed by atoms with Crippen LogP contribution in [-0.2, 0) is 11.8 Å². The van der Waals surface area contributed by atoms with Crippen molar-refractivity contribution in [1.82, 2.24) is 29.8 Å². The maximum Gasteiger partial charge on any atom is 0.325 e. The molecule has 0 saturated carbocycles. The summed E-state index contributed by atoms with van der Waals surface area (Å²) in [6, 6.07) is -0.252. The van der Waals surface area contributed by atoms with Gasteiger partial charge in [0, 0.05) is 46.0 Å². The third-order valence-electron chi connectivity index (χ3n) is 6.79. The minimum Gasteiger partial charge on any atom is -0.339 e. The molecule has 164 valence electrons. The van der Waals surface area contributed by atoms with E-state index in [0.29, 0.717) is 38.0 Å². The first-order valence-electron chi connectivity index (χ1n) is 11.1. The standard InChI is InChI=1S/C21H32N6O3/c1-3-8-25-11-6-21(7-12-25)19(29)27(20(30)23-21)14-16-4-9-26(10-5-16)18(28)17-13-22-24(2)15-17/h13,15-16H,3-12,14H2,1-2H3,(H,23,30). The normalized spacial score (nSPS) is 22.7. The summed E-state index contributed by atoms with van der Waals surface area (Å²) >= 11 is 0. The van der Waals surface area contributed by atoms with Crippen LogP contribution in [0.3, 0.4) is 0 Å². The van der Waals surface area contributed by atoms with Crippen LogP contribution >= 0.6 is 0 Å². The number of likely N-dealkylation sites (tertiary alicyclic amines) is 2. The number of nitrogens with zero attached hydrogens (tertiary/aromatic N) is 5. The van der Waals surface area contributed by atoms with E-state index in [0.717, 1.165) is 38.9 Å². The molecule has 0 radical (unpaired) electrons. The van der Waals surface area contributed by atoms with Gasteiger partial charge >= 0.3 is 6.03 Å². The highest BCUT2D eigenvalue weighted by molar-refractivity contribution is 6.07. The molecule has 0 aromatic carbocycles. The van der Waals surface area contributed by atoms with Crippen molar-refractivity contribution < 1.29 is 14.4 Å². The SMILES string of the molecule is CCCN1CCC2(CC1)NC(=O)N(CC1CCN(C(=O)c3cnn(C)c3)CC1)C2=O. The Kier molecular flexibility index (Phi) is 5.81. The second kappa shape index (κ2) is 8.37. The summed E-state index contributed by atoms with van der Waals surface area (Å²) in [5.74, 6) is 0.167. The van der Waals surface area contributed by atoms with E-state index in [2.05, 4.69) is 22.2 Å². The molecule has 4 amide bonds. The Labute approximate surface area is 177 Å². The minimum absolute atomic E-state index is 0.00525. The quantitative estimate of drug-likeness (QED) is 0.725. The van der Waals surface area contributed by atoms with E-state index >= 15 is 0 Å². The molecule has 4 rings (SSSR count). The fourth-order valence-corrected chi connectivity index (χ4v) is 4.95. The summed E-state index contributed by atoms with van der Waals surface area (Å²) in [4.78, 5) is 44.0. The van der Waals surface area contributed by atoms with E-state index in [4.69, 9.17) is 0 Å². The molecule has 4 heterocycles. The number of carbonyl (C=O) groups is 3. The Hall–Kier alpha value is -2.42. The predicted molar refractivity (Wildman–Crippen MR) is 111 cm³/mol. The lowest BCUT2D eigenvalue weighted by Crippen LogP contribution is -2.55. The second-order valence-corrected chi connectivity index (χ2v) is 8.91. The average Bonchev–Trinajstić information content (AvgIpc) is 3.27. The zero-order valence-electron chi connectivity index (χ0n) is 18.0. The van der Waals surface area contributed by atoms with Gasteiger partial charge in [-0.3, -0.25) is 19.2 Å². The monoisotopic (exact) mass is 416 g/mol. The zero-order chi connectivity index (χ0) is 21.3. The van der Waals surface area contributed by atoms with Crippen molar-refractivity contribution in [2.75, 3.05) is 39.3 Å². The molecule has 9 nitrogen and oxygen atoms in total. The van der Waals surface area contributed by atoms with E-state index in [1.54, 1.807) is 24.1 Å². The Morgan fingerprint density at radius 3 is 2.50 bits per heavy atom. The number of rotatable bonds is 5. The Bertz CT molecular complexity index is 805. The third-order valence-corrected chi connectivity index (χ3v) is 6.79. The second-order valence-electron chi connectivity index (χ2n) is 8.91. The van der Waals surface area contributed by atoms with Crippen LogP contribution in [0.4, 0.5) is 4.79 Å². The number of hydrogen-bond acceptors (Lipinski definition) is 5. The van der Waals surface area contributed by atoms with Crippen LogP contribution in [0.1, 0.15) is 49.4 Å². The van der Waals surface area contributed by atoms with Gasteiger partial charge in [0.25, 0.3) is 11.8 Å². The van der Waals surface area contributed by atoms with Crippen LogP contribution in [0.2, 0.25) is 0 Å². The van der Waals surface area contributed by atoms with Crippen molar-refractivity contribution in [3.05, 3.63) is 18.0 Å². The smallest absolute Gasteiger partial charge is 0.325 e. The van der Waals surface area contributed by atoms with E-state index in [1.807, 2.05) is 4.90 Å². The first kappa shape index (κ1) is 20.8. The molecule has 3 aliphatic rings. The molecule has 1 aromatic rings. The number of urea groups is 1. The highest BCUT2D eigenvalue weighted by Crippen LogP contribution is 2.31. The summed E-state index contributed by atoms with van der Waals surface area (Å²) in [5, 5.41) is 7.08. The van der Waals surface area contributed by atoms with Crippen molar-refractivity contribution >= 4 is 17.8 Å². The molecule has 1 spiro atoms. The highest BCUT2D eigenvalue weighted by atomic mass is 16.2. The fourth-order valence-electron chi connectivity index (χ4n) is 4.95. The van der Waals surface area contributed by atoms with Crippen molar-refractivity contribution in [3.8, 4) is 0 Å². The lowest BCUT2D eigenvalue weighted by atomic mass is 9.87. The van der Waals surface area contributed by atoms with Crippen molar-refractivity contribution in [1.29, 1.82) is 0 Å². The molecule has 0 bridgehead atoms. The molecule has 3 aliphatic heterocycles. The number of imide groups is 1. The van der Waals surface area contributed by atoms with Gasteiger partial charge in [0.05, 0.1) is 11.8 Å². The maximum atomic E-state index is 13.1. The molecule has 1 aromatic heterocycles. The number of hydrogen-bond donors (Lipinski definition) is 1. The molecule has 30 heavy (non-hydrogen) atoms. The molecule has 0 unspecified atom stereocenters. The van der Waals surface area contributed by atoms with Gasteiger partial charge in [0.1, 0.15) is 5.54 Å². The number of aromatic nitrogens is 2. The molecule has 3 saturated heterocycles. The van der Waals surface area contributed by atoms with Gasteiger partial charge in [-0.1, -0.05) is 6.92 Å². The Morgan fingerprint density at radius 1 is 1.20 bits per heavy atom. The molecule has 9 heteroatoms. The first-order valence-corrected chi connectivity index (χ1v) is 11.1. The van der Waals surface area contributed by atoms with Crippen molar-refractivity contribution in [2.24, 2.45) is 13.0 Å². The number of amides is 4. The van der Waals surface area contributed by atoms with E-state index < -0.39 is 5.54 Å². The summed E-state index contributed by atoms with van der Waals surface area (Å²) in [5.41, 5.74) is -0.111. The van der Waals surface area contributed by atoms with Gasteiger partial charge in [0.15, 0.2) is 0 Å². The van der Waals surface area contributed by atoms with Gasteiger partial charge in [0.2, 0.25) is 0 Å². The number of nitrogens with one attached hydrogen (secondary N) is 1. The summed E-state index contributed by atoms with van der Waals surface area (Å²) in [6.07, 6.45) is 7.38. The van der Waals surface area contributed by atoms with Crippen molar-refractivity contribution in [2.45, 2.75) is 44.6 Å². The highest BCUT2D eigenvalue weighted by Gasteiger charge is 2.52. The first-order chi connectivity index (χ1) is 14.4. The topological polar surface area (TPSA) is 90.8 Å². The van der Waals surface area contributed by atoms with E-state index in [-0.39, 0.29) is 23.8 Å². The maximum absolute atomic E-state index is 13.1. The summed E-state index contributed by atoms with van der Waals surface area (Å²) in [6.45, 7) is 6.62. The molecule has 0 aliphatic carbocycles. The van der Waals surface area contributed by atoms with E-state index in [1.165, 1.54) is 4.90 Å². The predicted octanol–water partition coefficient (Wildman–Crippen LogP) is 1.07. The minimum atomic E-state index is -0.710. The molecular weight excluding hydrogens is 384 g/mol. The van der Waals surface area contributed by atoms with Crippen LogP contribution in [-0.4, -0.2) is 87.1 Å². The van der Waals surface area contributed by atoms with E-state index in [9.17, 15) is 14.4 Å². The number of carbonyl (C=O) groups excluding carboxylic acids is 3. The summed E-state index contributed by atoms with van der Waals surface area (Å²) in [7, 11) is 1.79. The number of aryl methyl sites for hydroxylation is 1. The lowest BCUT2D eigenvalue weighted by Gasteiger charge is -2.37.